The molecule has 3 rings (SSSR count). The molecule has 3 atom stereocenters. The molecular formula is C15H20. The summed E-state index contributed by atoms with van der Waals surface area (Å²) >= 11 is 0. The molecule has 0 unspecified atom stereocenters. The topological polar surface area (TPSA) is 0 Å². The Bertz CT molecular complexity index is 350. The lowest BCUT2D eigenvalue weighted by molar-refractivity contribution is -0.0240. The smallest absolute Gasteiger partial charge is 0.00767 e. The summed E-state index contributed by atoms with van der Waals surface area (Å²) in [6.45, 7) is 4.94. The van der Waals surface area contributed by atoms with Crippen molar-refractivity contribution in [3.8, 4) is 0 Å². The second-order valence-corrected chi connectivity index (χ2v) is 5.91. The number of benzene rings is 1. The molecule has 0 amide bonds. The molecule has 1 aromatic rings. The third-order valence-electron chi connectivity index (χ3n) is 4.91. The molecule has 15 heavy (non-hydrogen) atoms. The third-order valence-corrected chi connectivity index (χ3v) is 4.91. The summed E-state index contributed by atoms with van der Waals surface area (Å²) in [4.78, 5) is 0. The Morgan fingerprint density at radius 2 is 1.80 bits per heavy atom. The maximum Gasteiger partial charge on any atom is -0.00767 e. The average molecular weight is 200 g/mol. The van der Waals surface area contributed by atoms with Crippen molar-refractivity contribution in [2.75, 3.05) is 0 Å². The number of fused-ring (bicyclic) bond motifs is 1. The van der Waals surface area contributed by atoms with E-state index in [2.05, 4.69) is 44.2 Å². The Labute approximate surface area is 92.7 Å². The van der Waals surface area contributed by atoms with Crippen LogP contribution in [0.5, 0.6) is 0 Å². The number of rotatable bonds is 1. The summed E-state index contributed by atoms with van der Waals surface area (Å²) in [5.41, 5.74) is 2.12. The minimum Gasteiger partial charge on any atom is -0.0622 e. The number of hydrogen-bond donors (Lipinski definition) is 0. The fourth-order valence-corrected chi connectivity index (χ4v) is 4.31. The summed E-state index contributed by atoms with van der Waals surface area (Å²) in [6, 6.07) is 11.1. The summed E-state index contributed by atoms with van der Waals surface area (Å²) in [5.74, 6) is 2.82. The molecule has 0 N–H and O–H groups in total. The fraction of sp³-hybridized carbons (Fsp3) is 0.600. The summed E-state index contributed by atoms with van der Waals surface area (Å²) < 4.78 is 0. The third kappa shape index (κ3) is 1.20. The van der Waals surface area contributed by atoms with Crippen LogP contribution in [0.3, 0.4) is 0 Å². The monoisotopic (exact) mass is 200 g/mol. The van der Waals surface area contributed by atoms with Crippen molar-refractivity contribution in [2.24, 2.45) is 17.3 Å². The largest absolute Gasteiger partial charge is 0.0622 e. The maximum absolute atomic E-state index is 2.47. The molecule has 2 aliphatic rings. The van der Waals surface area contributed by atoms with E-state index in [0.717, 1.165) is 17.8 Å². The van der Waals surface area contributed by atoms with Crippen molar-refractivity contribution in [1.29, 1.82) is 0 Å². The van der Waals surface area contributed by atoms with Gasteiger partial charge in [0.05, 0.1) is 0 Å². The summed E-state index contributed by atoms with van der Waals surface area (Å²) in [5, 5.41) is 0. The Kier molecular flexibility index (Phi) is 1.95. The molecule has 0 nitrogen and oxygen atoms in total. The highest BCUT2D eigenvalue weighted by molar-refractivity contribution is 5.28. The van der Waals surface area contributed by atoms with Gasteiger partial charge < -0.3 is 0 Å². The van der Waals surface area contributed by atoms with Crippen molar-refractivity contribution in [3.63, 3.8) is 0 Å². The van der Waals surface area contributed by atoms with E-state index >= 15 is 0 Å². The average Bonchev–Trinajstić information content (AvgIpc) is 2.65. The van der Waals surface area contributed by atoms with Crippen molar-refractivity contribution < 1.29 is 0 Å². The summed E-state index contributed by atoms with van der Waals surface area (Å²) in [7, 11) is 0. The molecular weight excluding hydrogens is 180 g/mol. The molecule has 0 aromatic heterocycles. The van der Waals surface area contributed by atoms with Gasteiger partial charge in [0.1, 0.15) is 0 Å². The zero-order valence-electron chi connectivity index (χ0n) is 9.74. The van der Waals surface area contributed by atoms with Gasteiger partial charge in [0.2, 0.25) is 0 Å². The Balaban J connectivity index is 1.94. The quantitative estimate of drug-likeness (QED) is 0.636. The molecule has 2 fully saturated rings. The van der Waals surface area contributed by atoms with E-state index in [1.165, 1.54) is 19.3 Å². The molecule has 0 bridgehead atoms. The molecule has 0 heterocycles. The van der Waals surface area contributed by atoms with E-state index in [4.69, 9.17) is 0 Å². The molecule has 0 aliphatic heterocycles. The van der Waals surface area contributed by atoms with E-state index < -0.39 is 0 Å². The van der Waals surface area contributed by atoms with Crippen molar-refractivity contribution >= 4 is 0 Å². The normalized spacial score (nSPS) is 37.1. The highest BCUT2D eigenvalue weighted by Gasteiger charge is 2.57. The first-order chi connectivity index (χ1) is 7.21. The predicted molar refractivity (Wildman–Crippen MR) is 63.8 cm³/mol. The Morgan fingerprint density at radius 1 is 1.07 bits per heavy atom. The highest BCUT2D eigenvalue weighted by Crippen LogP contribution is 2.66. The first-order valence-corrected chi connectivity index (χ1v) is 6.26. The van der Waals surface area contributed by atoms with Gasteiger partial charge in [-0.15, -0.1) is 0 Å². The van der Waals surface area contributed by atoms with E-state index in [-0.39, 0.29) is 0 Å². The minimum atomic E-state index is 0.544. The van der Waals surface area contributed by atoms with Crippen LogP contribution < -0.4 is 0 Å². The highest BCUT2D eigenvalue weighted by atomic mass is 14.6. The van der Waals surface area contributed by atoms with Gasteiger partial charge in [-0.25, -0.2) is 0 Å². The van der Waals surface area contributed by atoms with Crippen LogP contribution in [0.25, 0.3) is 0 Å². The Morgan fingerprint density at radius 3 is 2.53 bits per heavy atom. The van der Waals surface area contributed by atoms with Crippen LogP contribution in [-0.4, -0.2) is 0 Å². The van der Waals surface area contributed by atoms with Crippen LogP contribution in [-0.2, 0) is 0 Å². The van der Waals surface area contributed by atoms with Crippen LogP contribution in [0.1, 0.15) is 44.6 Å². The zero-order valence-corrected chi connectivity index (χ0v) is 9.74. The van der Waals surface area contributed by atoms with Gasteiger partial charge in [0, 0.05) is 0 Å². The molecule has 0 radical (unpaired) electrons. The molecule has 0 heteroatoms. The zero-order chi connectivity index (χ0) is 10.5. The van der Waals surface area contributed by atoms with E-state index in [1.807, 2.05) is 0 Å². The van der Waals surface area contributed by atoms with Crippen LogP contribution >= 0.6 is 0 Å². The van der Waals surface area contributed by atoms with Crippen molar-refractivity contribution in [2.45, 2.75) is 39.0 Å². The van der Waals surface area contributed by atoms with E-state index in [1.54, 1.807) is 5.56 Å². The molecule has 1 aromatic carbocycles. The second kappa shape index (κ2) is 3.10. The molecule has 0 saturated heterocycles. The minimum absolute atomic E-state index is 0.544. The first-order valence-electron chi connectivity index (χ1n) is 6.26. The van der Waals surface area contributed by atoms with Crippen LogP contribution in [0.2, 0.25) is 0 Å². The van der Waals surface area contributed by atoms with Gasteiger partial charge in [-0.3, -0.25) is 0 Å². The van der Waals surface area contributed by atoms with Gasteiger partial charge in [0.25, 0.3) is 0 Å². The summed E-state index contributed by atoms with van der Waals surface area (Å²) in [6.07, 6.45) is 4.40. The molecule has 80 valence electrons. The Hall–Kier alpha value is -0.780. The maximum atomic E-state index is 2.47. The SMILES string of the molecule is CC1(C)[C@@H]2CCC[C@@H]2[C@H]1c1ccccc1. The molecule has 2 saturated carbocycles. The van der Waals surface area contributed by atoms with Gasteiger partial charge in [-0.05, 0) is 41.6 Å². The lowest BCUT2D eigenvalue weighted by Gasteiger charge is -2.56. The van der Waals surface area contributed by atoms with Gasteiger partial charge in [0.15, 0.2) is 0 Å². The van der Waals surface area contributed by atoms with Crippen molar-refractivity contribution in [3.05, 3.63) is 35.9 Å². The standard InChI is InChI=1S/C15H20/c1-15(2)13-10-6-9-12(13)14(15)11-7-4-3-5-8-11/h3-5,7-8,12-14H,6,9-10H2,1-2H3/t12-,13+,14+/m0/s1. The van der Waals surface area contributed by atoms with Crippen LogP contribution in [0, 0.1) is 17.3 Å². The van der Waals surface area contributed by atoms with Crippen molar-refractivity contribution in [1.82, 2.24) is 0 Å². The van der Waals surface area contributed by atoms with Gasteiger partial charge in [-0.2, -0.15) is 0 Å². The van der Waals surface area contributed by atoms with Gasteiger partial charge in [-0.1, -0.05) is 50.6 Å². The van der Waals surface area contributed by atoms with Crippen LogP contribution in [0.4, 0.5) is 0 Å². The number of hydrogen-bond acceptors (Lipinski definition) is 0. The second-order valence-electron chi connectivity index (χ2n) is 5.91. The van der Waals surface area contributed by atoms with E-state index in [0.29, 0.717) is 5.41 Å². The fourth-order valence-electron chi connectivity index (χ4n) is 4.31. The van der Waals surface area contributed by atoms with E-state index in [9.17, 15) is 0 Å². The lowest BCUT2D eigenvalue weighted by Crippen LogP contribution is -2.48. The predicted octanol–water partition coefficient (Wildman–Crippen LogP) is 4.23. The first kappa shape index (κ1) is 9.45. The molecule has 0 spiro atoms. The van der Waals surface area contributed by atoms with Gasteiger partial charge >= 0.3 is 0 Å². The lowest BCUT2D eigenvalue weighted by atomic mass is 9.48. The molecule has 2 aliphatic carbocycles. The van der Waals surface area contributed by atoms with Crippen LogP contribution in [0.15, 0.2) is 30.3 Å².